The number of carbonyl (C=O) groups is 1. The Kier molecular flexibility index (Phi) is 4.02. The number of furan rings is 1. The van der Waals surface area contributed by atoms with Crippen LogP contribution in [0.3, 0.4) is 0 Å². The van der Waals surface area contributed by atoms with Gasteiger partial charge >= 0.3 is 5.97 Å². The van der Waals surface area contributed by atoms with E-state index in [-0.39, 0.29) is 0 Å². The van der Waals surface area contributed by atoms with Gasteiger partial charge in [-0.15, -0.1) is 0 Å². The van der Waals surface area contributed by atoms with Crippen LogP contribution in [0.5, 0.6) is 0 Å². The van der Waals surface area contributed by atoms with Crippen molar-refractivity contribution in [3.05, 3.63) is 59.0 Å². The van der Waals surface area contributed by atoms with Crippen LogP contribution in [0, 0.1) is 6.92 Å². The molecule has 0 amide bonds. The van der Waals surface area contributed by atoms with Crippen molar-refractivity contribution < 1.29 is 14.3 Å². The van der Waals surface area contributed by atoms with Gasteiger partial charge in [0.25, 0.3) is 0 Å². The lowest BCUT2D eigenvalue weighted by Gasteiger charge is -2.15. The van der Waals surface area contributed by atoms with Crippen molar-refractivity contribution in [2.45, 2.75) is 20.0 Å². The molecule has 19 heavy (non-hydrogen) atoms. The lowest BCUT2D eigenvalue weighted by Crippen LogP contribution is -2.16. The van der Waals surface area contributed by atoms with Gasteiger partial charge in [-0.25, -0.2) is 4.79 Å². The number of carboxylic acid groups (broad SMARTS) is 1. The van der Waals surface area contributed by atoms with Crippen molar-refractivity contribution >= 4 is 5.97 Å². The van der Waals surface area contributed by atoms with Crippen LogP contribution in [-0.2, 0) is 13.1 Å². The Labute approximate surface area is 112 Å². The minimum Gasteiger partial charge on any atom is -0.478 e. The lowest BCUT2D eigenvalue weighted by atomic mass is 10.1. The first-order valence-electron chi connectivity index (χ1n) is 6.10. The molecule has 0 radical (unpaired) electrons. The number of aromatic carboxylic acids is 1. The van der Waals surface area contributed by atoms with E-state index in [9.17, 15) is 4.79 Å². The summed E-state index contributed by atoms with van der Waals surface area (Å²) in [5.74, 6) is 0.947. The van der Waals surface area contributed by atoms with Crippen LogP contribution in [0.25, 0.3) is 0 Å². The summed E-state index contributed by atoms with van der Waals surface area (Å²) >= 11 is 0. The van der Waals surface area contributed by atoms with Gasteiger partial charge in [-0.1, -0.05) is 12.1 Å². The maximum absolute atomic E-state index is 10.8. The highest BCUT2D eigenvalue weighted by molar-refractivity contribution is 5.87. The second kappa shape index (κ2) is 5.71. The average molecular weight is 259 g/mol. The number of hydrogen-bond acceptors (Lipinski definition) is 3. The van der Waals surface area contributed by atoms with Crippen molar-refractivity contribution in [3.8, 4) is 0 Å². The van der Waals surface area contributed by atoms with Crippen LogP contribution in [0.2, 0.25) is 0 Å². The minimum atomic E-state index is -0.897. The predicted molar refractivity (Wildman–Crippen MR) is 72.0 cm³/mol. The van der Waals surface area contributed by atoms with E-state index in [0.717, 1.165) is 30.2 Å². The van der Waals surface area contributed by atoms with Gasteiger partial charge in [0, 0.05) is 6.54 Å². The highest BCUT2D eigenvalue weighted by atomic mass is 16.4. The molecule has 0 saturated carbocycles. The maximum atomic E-state index is 10.8. The van der Waals surface area contributed by atoms with E-state index in [1.54, 1.807) is 12.1 Å². The topological polar surface area (TPSA) is 53.7 Å². The quantitative estimate of drug-likeness (QED) is 0.897. The molecule has 0 bridgehead atoms. The second-order valence-electron chi connectivity index (χ2n) is 4.69. The first kappa shape index (κ1) is 13.4. The molecule has 0 saturated heterocycles. The molecule has 0 spiro atoms. The van der Waals surface area contributed by atoms with E-state index >= 15 is 0 Å². The Hall–Kier alpha value is -2.07. The van der Waals surface area contributed by atoms with Crippen molar-refractivity contribution in [3.63, 3.8) is 0 Å². The zero-order chi connectivity index (χ0) is 13.8. The fourth-order valence-corrected chi connectivity index (χ4v) is 1.96. The average Bonchev–Trinajstić information content (AvgIpc) is 2.75. The van der Waals surface area contributed by atoms with Crippen LogP contribution >= 0.6 is 0 Å². The number of carboxylic acids is 1. The molecule has 0 aliphatic rings. The summed E-state index contributed by atoms with van der Waals surface area (Å²) < 4.78 is 5.52. The number of aryl methyl sites for hydroxylation is 1. The highest BCUT2D eigenvalue weighted by Gasteiger charge is 2.06. The molecule has 0 aliphatic carbocycles. The van der Waals surface area contributed by atoms with E-state index in [1.807, 2.05) is 38.2 Å². The Balaban J connectivity index is 1.94. The Morgan fingerprint density at radius 3 is 2.37 bits per heavy atom. The van der Waals surface area contributed by atoms with E-state index < -0.39 is 5.97 Å². The van der Waals surface area contributed by atoms with Gasteiger partial charge in [0.15, 0.2) is 0 Å². The smallest absolute Gasteiger partial charge is 0.335 e. The Bertz CT molecular complexity index is 557. The van der Waals surface area contributed by atoms with Crippen LogP contribution < -0.4 is 0 Å². The van der Waals surface area contributed by atoms with Crippen LogP contribution in [0.1, 0.15) is 27.4 Å². The van der Waals surface area contributed by atoms with Gasteiger partial charge in [-0.05, 0) is 43.8 Å². The molecule has 1 N–H and O–H groups in total. The zero-order valence-electron chi connectivity index (χ0n) is 11.1. The largest absolute Gasteiger partial charge is 0.478 e. The van der Waals surface area contributed by atoms with Gasteiger partial charge < -0.3 is 9.52 Å². The zero-order valence-corrected chi connectivity index (χ0v) is 11.1. The minimum absolute atomic E-state index is 0.313. The molecule has 1 aromatic heterocycles. The van der Waals surface area contributed by atoms with Gasteiger partial charge in [0.05, 0.1) is 12.1 Å². The van der Waals surface area contributed by atoms with Gasteiger partial charge in [0.1, 0.15) is 11.5 Å². The standard InChI is InChI=1S/C15H17NO3/c1-11-3-8-14(19-11)10-16(2)9-12-4-6-13(7-5-12)15(17)18/h3-8H,9-10H2,1-2H3,(H,17,18). The van der Waals surface area contributed by atoms with Crippen LogP contribution in [0.15, 0.2) is 40.8 Å². The summed E-state index contributed by atoms with van der Waals surface area (Å²) in [4.78, 5) is 12.9. The molecule has 2 rings (SSSR count). The number of rotatable bonds is 5. The van der Waals surface area contributed by atoms with E-state index in [0.29, 0.717) is 5.56 Å². The molecule has 0 atom stereocenters. The summed E-state index contributed by atoms with van der Waals surface area (Å²) in [5, 5.41) is 8.83. The molecular weight excluding hydrogens is 242 g/mol. The summed E-state index contributed by atoms with van der Waals surface area (Å²) in [7, 11) is 2.00. The second-order valence-corrected chi connectivity index (χ2v) is 4.69. The molecule has 1 aromatic carbocycles. The monoisotopic (exact) mass is 259 g/mol. The van der Waals surface area contributed by atoms with Gasteiger partial charge in [-0.3, -0.25) is 4.90 Å². The number of nitrogens with zero attached hydrogens (tertiary/aromatic N) is 1. The normalized spacial score (nSPS) is 10.9. The van der Waals surface area contributed by atoms with E-state index in [1.165, 1.54) is 0 Å². The third-order valence-corrected chi connectivity index (χ3v) is 2.88. The highest BCUT2D eigenvalue weighted by Crippen LogP contribution is 2.12. The lowest BCUT2D eigenvalue weighted by molar-refractivity contribution is 0.0697. The maximum Gasteiger partial charge on any atom is 0.335 e. The molecule has 4 heteroatoms. The first-order valence-corrected chi connectivity index (χ1v) is 6.10. The third kappa shape index (κ3) is 3.69. The SMILES string of the molecule is Cc1ccc(CN(C)Cc2ccc(C(=O)O)cc2)o1. The van der Waals surface area contributed by atoms with Crippen molar-refractivity contribution in [1.29, 1.82) is 0 Å². The summed E-state index contributed by atoms with van der Waals surface area (Å²) in [6, 6.07) is 10.9. The predicted octanol–water partition coefficient (Wildman–Crippen LogP) is 2.92. The van der Waals surface area contributed by atoms with Crippen LogP contribution in [-0.4, -0.2) is 23.0 Å². The first-order chi connectivity index (χ1) is 9.04. The van der Waals surface area contributed by atoms with E-state index in [4.69, 9.17) is 9.52 Å². The Morgan fingerprint density at radius 1 is 1.16 bits per heavy atom. The third-order valence-electron chi connectivity index (χ3n) is 2.88. The molecule has 0 fully saturated rings. The summed E-state index contributed by atoms with van der Waals surface area (Å²) in [5.41, 5.74) is 1.39. The summed E-state index contributed by atoms with van der Waals surface area (Å²) in [6.07, 6.45) is 0. The molecule has 1 heterocycles. The molecule has 4 nitrogen and oxygen atoms in total. The Morgan fingerprint density at radius 2 is 1.84 bits per heavy atom. The molecule has 100 valence electrons. The van der Waals surface area contributed by atoms with Crippen LogP contribution in [0.4, 0.5) is 0 Å². The van der Waals surface area contributed by atoms with Crippen molar-refractivity contribution in [2.24, 2.45) is 0 Å². The fraction of sp³-hybridized carbons (Fsp3) is 0.267. The summed E-state index contributed by atoms with van der Waals surface area (Å²) in [6.45, 7) is 3.41. The van der Waals surface area contributed by atoms with E-state index in [2.05, 4.69) is 4.90 Å². The molecule has 0 aliphatic heterocycles. The molecule has 2 aromatic rings. The van der Waals surface area contributed by atoms with Gasteiger partial charge in [-0.2, -0.15) is 0 Å². The number of hydrogen-bond donors (Lipinski definition) is 1. The van der Waals surface area contributed by atoms with Crippen molar-refractivity contribution in [2.75, 3.05) is 7.05 Å². The van der Waals surface area contributed by atoms with Gasteiger partial charge in [0.2, 0.25) is 0 Å². The molecule has 0 unspecified atom stereocenters. The van der Waals surface area contributed by atoms with Crippen molar-refractivity contribution in [1.82, 2.24) is 4.90 Å². The fourth-order valence-electron chi connectivity index (χ4n) is 1.96. The number of benzene rings is 1. The molecular formula is C15H17NO3.